The molecule has 3 atom stereocenters. The minimum Gasteiger partial charge on any atom is -0.496 e. The second-order valence-corrected chi connectivity index (χ2v) is 4.48. The van der Waals surface area contributed by atoms with Crippen LogP contribution in [0, 0.1) is 0 Å². The summed E-state index contributed by atoms with van der Waals surface area (Å²) >= 11 is 0. The van der Waals surface area contributed by atoms with Crippen LogP contribution in [0.25, 0.3) is 0 Å². The Morgan fingerprint density at radius 1 is 1.29 bits per heavy atom. The Labute approximate surface area is 103 Å². The van der Waals surface area contributed by atoms with Gasteiger partial charge in [0.2, 0.25) is 0 Å². The van der Waals surface area contributed by atoms with E-state index in [4.69, 9.17) is 10.5 Å². The minimum atomic E-state index is -0.0668. The van der Waals surface area contributed by atoms with Crippen molar-refractivity contribution in [2.24, 2.45) is 5.73 Å². The summed E-state index contributed by atoms with van der Waals surface area (Å²) in [5, 5.41) is 0. The molecule has 1 heterocycles. The summed E-state index contributed by atoms with van der Waals surface area (Å²) < 4.78 is 5.42. The number of nitrogens with one attached hydrogen (secondary N) is 2. The molecule has 0 spiro atoms. The van der Waals surface area contributed by atoms with E-state index in [1.54, 1.807) is 7.11 Å². The van der Waals surface area contributed by atoms with Gasteiger partial charge >= 0.3 is 0 Å². The van der Waals surface area contributed by atoms with E-state index in [0.29, 0.717) is 6.04 Å². The van der Waals surface area contributed by atoms with E-state index in [9.17, 15) is 0 Å². The first kappa shape index (κ1) is 12.4. The van der Waals surface area contributed by atoms with Crippen molar-refractivity contribution >= 4 is 0 Å². The van der Waals surface area contributed by atoms with Gasteiger partial charge in [0, 0.05) is 17.5 Å². The molecule has 4 nitrogen and oxygen atoms in total. The van der Waals surface area contributed by atoms with Crippen LogP contribution < -0.4 is 21.3 Å². The molecule has 2 rings (SSSR count). The van der Waals surface area contributed by atoms with Gasteiger partial charge in [0.1, 0.15) is 5.75 Å². The first-order chi connectivity index (χ1) is 8.27. The maximum atomic E-state index is 6.13. The maximum absolute atomic E-state index is 6.13. The number of para-hydroxylation sites is 1. The Morgan fingerprint density at radius 2 is 2.06 bits per heavy atom. The molecule has 1 aromatic carbocycles. The second-order valence-electron chi connectivity index (χ2n) is 4.48. The first-order valence-electron chi connectivity index (χ1n) is 6.17. The number of hydrazine groups is 1. The molecule has 94 valence electrons. The number of nitrogens with two attached hydrogens (primary N) is 1. The summed E-state index contributed by atoms with van der Waals surface area (Å²) in [5.74, 6) is 1.17. The smallest absolute Gasteiger partial charge is 0.122 e. The van der Waals surface area contributed by atoms with Gasteiger partial charge in [-0.3, -0.25) is 5.43 Å². The summed E-state index contributed by atoms with van der Waals surface area (Å²) in [6, 6.07) is 8.47. The summed E-state index contributed by atoms with van der Waals surface area (Å²) in [7, 11) is 1.70. The van der Waals surface area contributed by atoms with E-state index < -0.39 is 0 Å². The van der Waals surface area contributed by atoms with Crippen molar-refractivity contribution in [1.82, 2.24) is 10.9 Å². The van der Waals surface area contributed by atoms with Crippen LogP contribution in [-0.4, -0.2) is 19.3 Å². The topological polar surface area (TPSA) is 59.3 Å². The van der Waals surface area contributed by atoms with Crippen LogP contribution in [-0.2, 0) is 0 Å². The highest BCUT2D eigenvalue weighted by molar-refractivity contribution is 5.38. The quantitative estimate of drug-likeness (QED) is 0.737. The van der Waals surface area contributed by atoms with E-state index in [-0.39, 0.29) is 12.1 Å². The molecule has 0 aliphatic carbocycles. The molecular weight excluding hydrogens is 214 g/mol. The summed E-state index contributed by atoms with van der Waals surface area (Å²) in [4.78, 5) is 0. The van der Waals surface area contributed by atoms with Gasteiger partial charge in [0.05, 0.1) is 13.3 Å². The lowest BCUT2D eigenvalue weighted by Gasteiger charge is -2.22. The first-order valence-corrected chi connectivity index (χ1v) is 6.17. The third kappa shape index (κ3) is 2.44. The lowest BCUT2D eigenvalue weighted by Crippen LogP contribution is -2.38. The summed E-state index contributed by atoms with van der Waals surface area (Å²) in [6.07, 6.45) is 2.17. The van der Waals surface area contributed by atoms with Crippen LogP contribution in [0.5, 0.6) is 5.75 Å². The number of hydrogen-bond donors (Lipinski definition) is 3. The molecule has 4 N–H and O–H groups in total. The Bertz CT molecular complexity index is 367. The van der Waals surface area contributed by atoms with Crippen molar-refractivity contribution in [3.8, 4) is 5.75 Å². The zero-order chi connectivity index (χ0) is 12.3. The van der Waals surface area contributed by atoms with Crippen LogP contribution >= 0.6 is 0 Å². The van der Waals surface area contributed by atoms with Crippen LogP contribution in [0.4, 0.5) is 0 Å². The minimum absolute atomic E-state index is 0.0668. The van der Waals surface area contributed by atoms with E-state index in [0.717, 1.165) is 18.6 Å². The van der Waals surface area contributed by atoms with Gasteiger partial charge in [-0.05, 0) is 12.5 Å². The van der Waals surface area contributed by atoms with E-state index >= 15 is 0 Å². The van der Waals surface area contributed by atoms with Crippen molar-refractivity contribution in [2.45, 2.75) is 37.9 Å². The molecular formula is C13H21N3O. The zero-order valence-corrected chi connectivity index (χ0v) is 10.4. The monoisotopic (exact) mass is 235 g/mol. The molecule has 1 fully saturated rings. The van der Waals surface area contributed by atoms with Crippen molar-refractivity contribution in [3.05, 3.63) is 29.8 Å². The fourth-order valence-electron chi connectivity index (χ4n) is 2.55. The maximum Gasteiger partial charge on any atom is 0.122 e. The standard InChI is InChI=1S/C13H21N3O/c1-3-6-10-12(13(14)16-15-10)9-7-4-5-8-11(9)17-2/h4-5,7-8,10,12-13,15-16H,3,6,14H2,1-2H3. The molecule has 0 aromatic heterocycles. The van der Waals surface area contributed by atoms with E-state index in [2.05, 4.69) is 23.8 Å². The molecule has 0 radical (unpaired) electrons. The lowest BCUT2D eigenvalue weighted by atomic mass is 9.88. The molecule has 0 bridgehead atoms. The third-order valence-electron chi connectivity index (χ3n) is 3.35. The highest BCUT2D eigenvalue weighted by Gasteiger charge is 2.35. The van der Waals surface area contributed by atoms with Crippen molar-refractivity contribution in [1.29, 1.82) is 0 Å². The van der Waals surface area contributed by atoms with Crippen molar-refractivity contribution in [2.75, 3.05) is 7.11 Å². The van der Waals surface area contributed by atoms with Gasteiger partial charge in [0.25, 0.3) is 0 Å². The molecule has 1 aliphatic rings. The van der Waals surface area contributed by atoms with Crippen LogP contribution in [0.15, 0.2) is 24.3 Å². The highest BCUT2D eigenvalue weighted by Crippen LogP contribution is 2.33. The average Bonchev–Trinajstić information content (AvgIpc) is 2.71. The second kappa shape index (κ2) is 5.49. The third-order valence-corrected chi connectivity index (χ3v) is 3.35. The highest BCUT2D eigenvalue weighted by atomic mass is 16.5. The Morgan fingerprint density at radius 3 is 2.76 bits per heavy atom. The Hall–Kier alpha value is -1.10. The molecule has 0 amide bonds. The average molecular weight is 235 g/mol. The molecule has 0 saturated carbocycles. The molecule has 17 heavy (non-hydrogen) atoms. The van der Waals surface area contributed by atoms with Gasteiger partial charge in [0.15, 0.2) is 0 Å². The van der Waals surface area contributed by atoms with Gasteiger partial charge < -0.3 is 10.5 Å². The molecule has 4 heteroatoms. The number of benzene rings is 1. The Balaban J connectivity index is 2.29. The Kier molecular flexibility index (Phi) is 3.99. The normalized spacial score (nSPS) is 28.3. The largest absolute Gasteiger partial charge is 0.496 e. The fourth-order valence-corrected chi connectivity index (χ4v) is 2.55. The zero-order valence-electron chi connectivity index (χ0n) is 10.4. The fraction of sp³-hybridized carbons (Fsp3) is 0.538. The lowest BCUT2D eigenvalue weighted by molar-refractivity contribution is 0.395. The van der Waals surface area contributed by atoms with Crippen molar-refractivity contribution in [3.63, 3.8) is 0 Å². The SMILES string of the molecule is CCCC1NNC(N)C1c1ccccc1OC. The number of ether oxygens (including phenoxy) is 1. The van der Waals surface area contributed by atoms with Gasteiger partial charge in [-0.2, -0.15) is 0 Å². The summed E-state index contributed by atoms with van der Waals surface area (Å²) in [5.41, 5.74) is 13.7. The van der Waals surface area contributed by atoms with Gasteiger partial charge in [-0.15, -0.1) is 0 Å². The molecule has 1 aliphatic heterocycles. The van der Waals surface area contributed by atoms with Crippen LogP contribution in [0.1, 0.15) is 31.2 Å². The molecule has 1 aromatic rings. The van der Waals surface area contributed by atoms with E-state index in [1.807, 2.05) is 18.2 Å². The summed E-state index contributed by atoms with van der Waals surface area (Å²) in [6.45, 7) is 2.19. The molecule has 3 unspecified atom stereocenters. The number of rotatable bonds is 4. The van der Waals surface area contributed by atoms with Crippen LogP contribution in [0.3, 0.4) is 0 Å². The van der Waals surface area contributed by atoms with Crippen molar-refractivity contribution < 1.29 is 4.74 Å². The predicted octanol–water partition coefficient (Wildman–Crippen LogP) is 1.34. The number of hydrogen-bond acceptors (Lipinski definition) is 4. The van der Waals surface area contributed by atoms with E-state index in [1.165, 1.54) is 5.56 Å². The van der Waals surface area contributed by atoms with Crippen LogP contribution in [0.2, 0.25) is 0 Å². The predicted molar refractivity (Wildman–Crippen MR) is 68.7 cm³/mol. The number of methoxy groups -OCH3 is 1. The van der Waals surface area contributed by atoms with Gasteiger partial charge in [-0.1, -0.05) is 31.5 Å². The van der Waals surface area contributed by atoms with Gasteiger partial charge in [-0.25, -0.2) is 5.43 Å². The molecule has 1 saturated heterocycles.